The molecule has 14 heavy (non-hydrogen) atoms. The summed E-state index contributed by atoms with van der Waals surface area (Å²) in [4.78, 5) is 4.23. The Morgan fingerprint density at radius 1 is 1.29 bits per heavy atom. The maximum atomic E-state index is 4.23. The van der Waals surface area contributed by atoms with Gasteiger partial charge in [0, 0.05) is 0 Å². The Morgan fingerprint density at radius 3 is 2.93 bits per heavy atom. The van der Waals surface area contributed by atoms with E-state index in [1.165, 1.54) is 20.8 Å². The fourth-order valence-corrected chi connectivity index (χ4v) is 4.02. The van der Waals surface area contributed by atoms with Gasteiger partial charge in [-0.3, -0.25) is 0 Å². The van der Waals surface area contributed by atoms with Crippen molar-refractivity contribution in [3.05, 3.63) is 39.7 Å². The first-order valence-corrected chi connectivity index (χ1v) is 7.36. The Bertz CT molecular complexity index is 446. The third kappa shape index (κ3) is 1.75. The topological polar surface area (TPSA) is 12.9 Å². The molecule has 1 nitrogen and oxygen atoms in total. The van der Waals surface area contributed by atoms with Crippen LogP contribution in [0.3, 0.4) is 0 Å². The van der Waals surface area contributed by atoms with Crippen LogP contribution >= 0.6 is 0 Å². The molecular formula is C12H13IN-. The van der Waals surface area contributed by atoms with Crippen LogP contribution in [0.2, 0.25) is 0 Å². The van der Waals surface area contributed by atoms with E-state index in [0.29, 0.717) is 0 Å². The van der Waals surface area contributed by atoms with Gasteiger partial charge >= 0.3 is 95.0 Å². The molecule has 0 atom stereocenters. The number of alkyl halides is 1. The summed E-state index contributed by atoms with van der Waals surface area (Å²) in [6.45, 7) is 4.42. The first kappa shape index (κ1) is 9.90. The summed E-state index contributed by atoms with van der Waals surface area (Å²) in [5.41, 5.74) is 1.31. The van der Waals surface area contributed by atoms with Crippen LogP contribution in [-0.4, -0.2) is 9.41 Å². The van der Waals surface area contributed by atoms with Crippen LogP contribution in [0.25, 0.3) is 10.8 Å². The van der Waals surface area contributed by atoms with Gasteiger partial charge in [-0.15, -0.1) is 0 Å². The zero-order valence-electron chi connectivity index (χ0n) is 8.42. The Hall–Kier alpha value is -0.640. The van der Waals surface area contributed by atoms with Crippen LogP contribution in [0.5, 0.6) is 0 Å². The Balaban J connectivity index is 2.71. The fourth-order valence-electron chi connectivity index (χ4n) is 1.61. The predicted molar refractivity (Wildman–Crippen MR) is 55.7 cm³/mol. The molecule has 0 radical (unpaired) electrons. The van der Waals surface area contributed by atoms with Crippen LogP contribution in [0, 0.1) is 10.5 Å². The first-order chi connectivity index (χ1) is 6.83. The monoisotopic (exact) mass is 298 g/mol. The third-order valence-electron chi connectivity index (χ3n) is 2.20. The molecule has 0 aliphatic rings. The number of nitrogens with zero attached hydrogens (tertiary/aromatic N) is 1. The van der Waals surface area contributed by atoms with E-state index in [0.717, 1.165) is 0 Å². The average molecular weight is 298 g/mol. The summed E-state index contributed by atoms with van der Waals surface area (Å²) in [6.07, 6.45) is 3.93. The van der Waals surface area contributed by atoms with Gasteiger partial charge in [-0.05, 0) is 0 Å². The molecule has 0 bridgehead atoms. The Kier molecular flexibility index (Phi) is 3.01. The van der Waals surface area contributed by atoms with Crippen molar-refractivity contribution < 1.29 is 21.2 Å². The van der Waals surface area contributed by atoms with Crippen LogP contribution < -0.4 is 21.2 Å². The molecule has 1 aromatic carbocycles. The molecule has 1 aromatic heterocycles. The minimum absolute atomic E-state index is 0.183. The number of pyridine rings is 1. The van der Waals surface area contributed by atoms with Crippen LogP contribution in [0.1, 0.15) is 12.5 Å². The number of fused-ring (bicyclic) bond motifs is 1. The first-order valence-electron chi connectivity index (χ1n) is 4.75. The van der Waals surface area contributed by atoms with Crippen LogP contribution in [-0.2, 0) is 0 Å². The SMILES string of the molecule is CC[I-]c1cccc2cncc(C)c12. The summed E-state index contributed by atoms with van der Waals surface area (Å²) in [5, 5.41) is 2.73. The number of aryl methyl sites for hydroxylation is 1. The van der Waals surface area contributed by atoms with Crippen molar-refractivity contribution in [2.24, 2.45) is 0 Å². The van der Waals surface area contributed by atoms with E-state index in [1.807, 2.05) is 12.4 Å². The maximum absolute atomic E-state index is 4.23. The van der Waals surface area contributed by atoms with Crippen molar-refractivity contribution in [1.82, 2.24) is 4.98 Å². The van der Waals surface area contributed by atoms with Crippen molar-refractivity contribution in [3.8, 4) is 0 Å². The predicted octanol–water partition coefficient (Wildman–Crippen LogP) is -0.178. The van der Waals surface area contributed by atoms with Gasteiger partial charge in [0.25, 0.3) is 0 Å². The van der Waals surface area contributed by atoms with E-state index in [9.17, 15) is 0 Å². The Morgan fingerprint density at radius 2 is 2.14 bits per heavy atom. The van der Waals surface area contributed by atoms with Gasteiger partial charge in [0.2, 0.25) is 0 Å². The molecule has 0 N–H and O–H groups in total. The number of hydrogen-bond donors (Lipinski definition) is 0. The summed E-state index contributed by atoms with van der Waals surface area (Å²) in [6, 6.07) is 6.57. The molecule has 0 saturated heterocycles. The standard InChI is InChI=1S/C12H13IN/c1-3-13-11-6-4-5-10-8-14-7-9(2)12(10)11/h4-8H,3H2,1-2H3/q-1. The number of rotatable bonds is 2. The van der Waals surface area contributed by atoms with Crippen molar-refractivity contribution in [2.45, 2.75) is 13.8 Å². The molecule has 2 heteroatoms. The van der Waals surface area contributed by atoms with Gasteiger partial charge in [-0.1, -0.05) is 0 Å². The molecule has 74 valence electrons. The van der Waals surface area contributed by atoms with Crippen molar-refractivity contribution >= 4 is 10.8 Å². The second-order valence-corrected chi connectivity index (χ2v) is 6.65. The molecule has 0 amide bonds. The van der Waals surface area contributed by atoms with Gasteiger partial charge < -0.3 is 0 Å². The van der Waals surface area contributed by atoms with Gasteiger partial charge in [-0.2, -0.15) is 0 Å². The van der Waals surface area contributed by atoms with E-state index in [1.54, 1.807) is 3.57 Å². The van der Waals surface area contributed by atoms with Crippen LogP contribution in [0.15, 0.2) is 30.6 Å². The number of aromatic nitrogens is 1. The molecule has 0 unspecified atom stereocenters. The van der Waals surface area contributed by atoms with Gasteiger partial charge in [0.15, 0.2) is 0 Å². The van der Waals surface area contributed by atoms with E-state index < -0.39 is 0 Å². The molecule has 0 saturated carbocycles. The summed E-state index contributed by atoms with van der Waals surface area (Å²) < 4.78 is 2.86. The van der Waals surface area contributed by atoms with Crippen LogP contribution in [0.4, 0.5) is 0 Å². The van der Waals surface area contributed by atoms with Crippen molar-refractivity contribution in [2.75, 3.05) is 4.43 Å². The normalized spacial score (nSPS) is 11.0. The molecule has 0 aliphatic carbocycles. The molecule has 1 heterocycles. The van der Waals surface area contributed by atoms with E-state index >= 15 is 0 Å². The third-order valence-corrected chi connectivity index (χ3v) is 4.68. The average Bonchev–Trinajstić information content (AvgIpc) is 2.19. The molecule has 2 rings (SSSR count). The molecular weight excluding hydrogens is 285 g/mol. The molecule has 0 spiro atoms. The molecule has 0 fully saturated rings. The summed E-state index contributed by atoms with van der Waals surface area (Å²) in [5.74, 6) is 0. The number of halogens is 1. The molecule has 0 aliphatic heterocycles. The zero-order chi connectivity index (χ0) is 9.97. The van der Waals surface area contributed by atoms with E-state index in [4.69, 9.17) is 0 Å². The van der Waals surface area contributed by atoms with Crippen molar-refractivity contribution in [1.29, 1.82) is 0 Å². The Labute approximate surface area is 94.8 Å². The van der Waals surface area contributed by atoms with Gasteiger partial charge in [0.1, 0.15) is 0 Å². The minimum atomic E-state index is 0.183. The summed E-state index contributed by atoms with van der Waals surface area (Å²) >= 11 is 0.183. The molecule has 2 aromatic rings. The number of hydrogen-bond acceptors (Lipinski definition) is 1. The quantitative estimate of drug-likeness (QED) is 0.554. The second-order valence-electron chi connectivity index (χ2n) is 3.20. The van der Waals surface area contributed by atoms with Gasteiger partial charge in [0.05, 0.1) is 0 Å². The second kappa shape index (κ2) is 4.26. The zero-order valence-corrected chi connectivity index (χ0v) is 10.6. The van der Waals surface area contributed by atoms with E-state index in [-0.39, 0.29) is 21.2 Å². The fraction of sp³-hybridized carbons (Fsp3) is 0.250. The van der Waals surface area contributed by atoms with E-state index in [2.05, 4.69) is 37.0 Å². The van der Waals surface area contributed by atoms with Crippen molar-refractivity contribution in [3.63, 3.8) is 0 Å². The number of benzene rings is 1. The summed E-state index contributed by atoms with van der Waals surface area (Å²) in [7, 11) is 0. The van der Waals surface area contributed by atoms with Gasteiger partial charge in [-0.25, -0.2) is 0 Å².